The SMILES string of the molecule is CCOC(C)O[C@@]1(C#N)C/C=C(\C)CC/C=C(\C)CC1. The van der Waals surface area contributed by atoms with Gasteiger partial charge in [-0.3, -0.25) is 0 Å². The molecule has 0 spiro atoms. The van der Waals surface area contributed by atoms with Crippen LogP contribution in [0.3, 0.4) is 0 Å². The monoisotopic (exact) mass is 277 g/mol. The molecule has 0 heterocycles. The van der Waals surface area contributed by atoms with Crippen LogP contribution >= 0.6 is 0 Å². The summed E-state index contributed by atoms with van der Waals surface area (Å²) in [6.07, 6.45) is 8.48. The molecular formula is C17H27NO2. The lowest BCUT2D eigenvalue weighted by Gasteiger charge is -2.30. The maximum atomic E-state index is 9.63. The van der Waals surface area contributed by atoms with Crippen LogP contribution in [0.4, 0.5) is 0 Å². The first kappa shape index (κ1) is 16.9. The van der Waals surface area contributed by atoms with Gasteiger partial charge in [0.1, 0.15) is 0 Å². The van der Waals surface area contributed by atoms with E-state index in [9.17, 15) is 5.26 Å². The van der Waals surface area contributed by atoms with Crippen LogP contribution in [0, 0.1) is 11.3 Å². The molecule has 1 aliphatic carbocycles. The minimum absolute atomic E-state index is 0.347. The van der Waals surface area contributed by atoms with Crippen molar-refractivity contribution < 1.29 is 9.47 Å². The van der Waals surface area contributed by atoms with E-state index < -0.39 is 5.60 Å². The van der Waals surface area contributed by atoms with E-state index in [1.165, 1.54) is 11.1 Å². The van der Waals surface area contributed by atoms with Gasteiger partial charge in [-0.1, -0.05) is 23.3 Å². The van der Waals surface area contributed by atoms with E-state index in [-0.39, 0.29) is 6.29 Å². The van der Waals surface area contributed by atoms with Crippen LogP contribution in [0.5, 0.6) is 0 Å². The number of allylic oxidation sites excluding steroid dienone is 3. The topological polar surface area (TPSA) is 42.2 Å². The van der Waals surface area contributed by atoms with Crippen LogP contribution < -0.4 is 0 Å². The molecule has 0 aliphatic heterocycles. The molecule has 0 amide bonds. The molecule has 0 bridgehead atoms. The largest absolute Gasteiger partial charge is 0.353 e. The Morgan fingerprint density at radius 3 is 2.65 bits per heavy atom. The smallest absolute Gasteiger partial charge is 0.161 e. The predicted molar refractivity (Wildman–Crippen MR) is 81.1 cm³/mol. The molecule has 0 radical (unpaired) electrons. The summed E-state index contributed by atoms with van der Waals surface area (Å²) >= 11 is 0. The Morgan fingerprint density at radius 2 is 2.00 bits per heavy atom. The predicted octanol–water partition coefficient (Wildman–Crippen LogP) is 4.50. The molecule has 1 unspecified atom stereocenters. The summed E-state index contributed by atoms with van der Waals surface area (Å²) in [7, 11) is 0. The zero-order valence-electron chi connectivity index (χ0n) is 13.2. The zero-order chi connectivity index (χ0) is 15.0. The summed E-state index contributed by atoms with van der Waals surface area (Å²) in [6.45, 7) is 8.65. The Bertz CT molecular complexity index is 406. The molecule has 2 atom stereocenters. The van der Waals surface area contributed by atoms with Crippen molar-refractivity contribution in [1.82, 2.24) is 0 Å². The second-order valence-corrected chi connectivity index (χ2v) is 5.59. The molecular weight excluding hydrogens is 250 g/mol. The van der Waals surface area contributed by atoms with Gasteiger partial charge in [0.05, 0.1) is 6.07 Å². The standard InChI is InChI=1S/C17H27NO2/c1-5-19-16(4)20-17(13-18)11-9-14(2)7-6-8-15(3)10-12-17/h7,10,16H,5-6,8-9,11-12H2,1-4H3/b14-7+,15-10+/t16?,17-/m1/s1. The van der Waals surface area contributed by atoms with Crippen molar-refractivity contribution in [3.05, 3.63) is 23.3 Å². The lowest BCUT2D eigenvalue weighted by Crippen LogP contribution is -2.35. The third-order valence-corrected chi connectivity index (χ3v) is 3.73. The second kappa shape index (κ2) is 8.24. The van der Waals surface area contributed by atoms with Crippen LogP contribution in [0.2, 0.25) is 0 Å². The Balaban J connectivity index is 2.88. The van der Waals surface area contributed by atoms with Crippen molar-refractivity contribution in [2.75, 3.05) is 6.61 Å². The van der Waals surface area contributed by atoms with E-state index in [0.29, 0.717) is 19.4 Å². The van der Waals surface area contributed by atoms with E-state index >= 15 is 0 Å². The number of nitriles is 1. The molecule has 0 N–H and O–H groups in total. The lowest BCUT2D eigenvalue weighted by atomic mass is 9.90. The van der Waals surface area contributed by atoms with Gasteiger partial charge < -0.3 is 9.47 Å². The quantitative estimate of drug-likeness (QED) is 0.561. The highest BCUT2D eigenvalue weighted by molar-refractivity contribution is 5.14. The van der Waals surface area contributed by atoms with Crippen LogP contribution in [-0.4, -0.2) is 18.5 Å². The Kier molecular flexibility index (Phi) is 6.98. The van der Waals surface area contributed by atoms with E-state index in [1.54, 1.807) is 0 Å². The van der Waals surface area contributed by atoms with Gasteiger partial charge in [-0.05, 0) is 53.4 Å². The highest BCUT2D eigenvalue weighted by Gasteiger charge is 2.32. The number of nitrogens with zero attached hydrogens (tertiary/aromatic N) is 1. The summed E-state index contributed by atoms with van der Waals surface area (Å²) in [5, 5.41) is 9.63. The number of rotatable bonds is 4. The minimum Gasteiger partial charge on any atom is -0.353 e. The summed E-state index contributed by atoms with van der Waals surface area (Å²) in [4.78, 5) is 0. The van der Waals surface area contributed by atoms with Gasteiger partial charge in [0.25, 0.3) is 0 Å². The molecule has 112 valence electrons. The van der Waals surface area contributed by atoms with E-state index in [1.807, 2.05) is 13.8 Å². The highest BCUT2D eigenvalue weighted by atomic mass is 16.7. The molecule has 0 saturated heterocycles. The molecule has 0 aromatic heterocycles. The Hall–Kier alpha value is -1.11. The van der Waals surface area contributed by atoms with Gasteiger partial charge in [0.15, 0.2) is 11.9 Å². The van der Waals surface area contributed by atoms with Crippen molar-refractivity contribution >= 4 is 0 Å². The fourth-order valence-corrected chi connectivity index (χ4v) is 2.41. The summed E-state index contributed by atoms with van der Waals surface area (Å²) < 4.78 is 11.4. The molecule has 0 aromatic carbocycles. The normalized spacial score (nSPS) is 31.4. The zero-order valence-corrected chi connectivity index (χ0v) is 13.2. The van der Waals surface area contributed by atoms with Crippen molar-refractivity contribution in [3.8, 4) is 6.07 Å². The van der Waals surface area contributed by atoms with E-state index in [0.717, 1.165) is 19.3 Å². The molecule has 0 fully saturated rings. The second-order valence-electron chi connectivity index (χ2n) is 5.59. The number of ether oxygens (including phenoxy) is 2. The Labute approximate surface area is 123 Å². The van der Waals surface area contributed by atoms with Gasteiger partial charge in [-0.25, -0.2) is 0 Å². The first-order valence-electron chi connectivity index (χ1n) is 7.53. The van der Waals surface area contributed by atoms with Crippen molar-refractivity contribution in [2.24, 2.45) is 0 Å². The van der Waals surface area contributed by atoms with Crippen LogP contribution in [0.1, 0.15) is 59.8 Å². The molecule has 1 aliphatic rings. The van der Waals surface area contributed by atoms with Crippen LogP contribution in [-0.2, 0) is 9.47 Å². The first-order valence-corrected chi connectivity index (χ1v) is 7.53. The third kappa shape index (κ3) is 5.48. The number of hydrogen-bond donors (Lipinski definition) is 0. The van der Waals surface area contributed by atoms with Gasteiger partial charge in [-0.15, -0.1) is 0 Å². The van der Waals surface area contributed by atoms with Gasteiger partial charge >= 0.3 is 0 Å². The third-order valence-electron chi connectivity index (χ3n) is 3.73. The highest BCUT2D eigenvalue weighted by Crippen LogP contribution is 2.29. The lowest BCUT2D eigenvalue weighted by molar-refractivity contribution is -0.182. The fourth-order valence-electron chi connectivity index (χ4n) is 2.41. The molecule has 20 heavy (non-hydrogen) atoms. The summed E-state index contributed by atoms with van der Waals surface area (Å²) in [5.74, 6) is 0. The molecule has 0 saturated carbocycles. The summed E-state index contributed by atoms with van der Waals surface area (Å²) in [6, 6.07) is 2.39. The molecule has 3 heteroatoms. The average molecular weight is 277 g/mol. The maximum absolute atomic E-state index is 9.63. The van der Waals surface area contributed by atoms with Gasteiger partial charge in [-0.2, -0.15) is 5.26 Å². The number of hydrogen-bond acceptors (Lipinski definition) is 3. The van der Waals surface area contributed by atoms with E-state index in [2.05, 4.69) is 32.1 Å². The fraction of sp³-hybridized carbons (Fsp3) is 0.706. The average Bonchev–Trinajstić information content (AvgIpc) is 2.42. The first-order chi connectivity index (χ1) is 9.51. The van der Waals surface area contributed by atoms with Crippen molar-refractivity contribution in [1.29, 1.82) is 5.26 Å². The van der Waals surface area contributed by atoms with Crippen molar-refractivity contribution in [3.63, 3.8) is 0 Å². The van der Waals surface area contributed by atoms with E-state index in [4.69, 9.17) is 9.47 Å². The maximum Gasteiger partial charge on any atom is 0.161 e. The van der Waals surface area contributed by atoms with Crippen molar-refractivity contribution in [2.45, 2.75) is 71.7 Å². The van der Waals surface area contributed by atoms with Crippen LogP contribution in [0.25, 0.3) is 0 Å². The molecule has 0 aromatic rings. The molecule has 3 nitrogen and oxygen atoms in total. The van der Waals surface area contributed by atoms with Gasteiger partial charge in [0, 0.05) is 13.0 Å². The van der Waals surface area contributed by atoms with Crippen LogP contribution in [0.15, 0.2) is 23.3 Å². The Morgan fingerprint density at radius 1 is 1.30 bits per heavy atom. The molecule has 1 rings (SSSR count). The summed E-state index contributed by atoms with van der Waals surface area (Å²) in [5.41, 5.74) is 1.89. The minimum atomic E-state index is -0.776. The van der Waals surface area contributed by atoms with Gasteiger partial charge in [0.2, 0.25) is 0 Å².